The quantitative estimate of drug-likeness (QED) is 0.769. The van der Waals surface area contributed by atoms with Crippen LogP contribution in [0, 0.1) is 12.3 Å². The molecule has 1 rings (SSSR count). The zero-order valence-electron chi connectivity index (χ0n) is 8.54. The highest BCUT2D eigenvalue weighted by Gasteiger charge is 2.17. The number of aromatic nitrogens is 1. The van der Waals surface area contributed by atoms with Crippen molar-refractivity contribution in [2.24, 2.45) is 5.41 Å². The molecule has 2 nitrogen and oxygen atoms in total. The minimum absolute atomic E-state index is 0.0672. The predicted octanol–water partition coefficient (Wildman–Crippen LogP) is 1.95. The summed E-state index contributed by atoms with van der Waals surface area (Å²) >= 11 is 0. The van der Waals surface area contributed by atoms with Crippen molar-refractivity contribution in [3.63, 3.8) is 0 Å². The van der Waals surface area contributed by atoms with E-state index < -0.39 is 0 Å². The van der Waals surface area contributed by atoms with Crippen LogP contribution in [0.1, 0.15) is 25.1 Å². The molecule has 0 radical (unpaired) electrons. The average Bonchev–Trinajstić information content (AvgIpc) is 2.09. The zero-order valence-corrected chi connectivity index (χ0v) is 8.54. The van der Waals surface area contributed by atoms with E-state index in [1.807, 2.05) is 33.0 Å². The molecule has 0 fully saturated rings. The number of nitrogens with zero attached hydrogens (tertiary/aromatic N) is 1. The van der Waals surface area contributed by atoms with Gasteiger partial charge in [-0.25, -0.2) is 0 Å². The Hall–Kier alpha value is -0.890. The van der Waals surface area contributed by atoms with E-state index in [0.717, 1.165) is 12.1 Å². The zero-order chi connectivity index (χ0) is 9.90. The van der Waals surface area contributed by atoms with Crippen LogP contribution in [0.2, 0.25) is 0 Å². The third-order valence-electron chi connectivity index (χ3n) is 2.06. The van der Waals surface area contributed by atoms with E-state index in [4.69, 9.17) is 5.11 Å². The van der Waals surface area contributed by atoms with Gasteiger partial charge in [-0.05, 0) is 30.4 Å². The van der Waals surface area contributed by atoms with Gasteiger partial charge in [0, 0.05) is 18.5 Å². The highest BCUT2D eigenvalue weighted by atomic mass is 16.3. The summed E-state index contributed by atoms with van der Waals surface area (Å²) in [6, 6.07) is 4.07. The van der Waals surface area contributed by atoms with E-state index in [-0.39, 0.29) is 12.0 Å². The van der Waals surface area contributed by atoms with E-state index in [1.165, 1.54) is 5.56 Å². The Morgan fingerprint density at radius 3 is 2.54 bits per heavy atom. The van der Waals surface area contributed by atoms with Crippen molar-refractivity contribution in [2.75, 3.05) is 6.61 Å². The summed E-state index contributed by atoms with van der Waals surface area (Å²) in [5.74, 6) is 0. The Labute approximate surface area is 79.6 Å². The highest BCUT2D eigenvalue weighted by molar-refractivity contribution is 5.13. The molecule has 1 N–H and O–H groups in total. The van der Waals surface area contributed by atoms with Crippen molar-refractivity contribution in [3.05, 3.63) is 29.6 Å². The van der Waals surface area contributed by atoms with Gasteiger partial charge in [-0.1, -0.05) is 19.9 Å². The number of aliphatic hydroxyl groups is 1. The molecular weight excluding hydrogens is 162 g/mol. The Balaban J connectivity index is 2.69. The molecule has 0 amide bonds. The molecule has 72 valence electrons. The average molecular weight is 179 g/mol. The van der Waals surface area contributed by atoms with Gasteiger partial charge in [-0.2, -0.15) is 0 Å². The molecule has 0 bridgehead atoms. The van der Waals surface area contributed by atoms with Gasteiger partial charge in [0.2, 0.25) is 0 Å². The van der Waals surface area contributed by atoms with Crippen LogP contribution in [0.4, 0.5) is 0 Å². The number of aryl methyl sites for hydroxylation is 1. The number of aliphatic hydroxyl groups excluding tert-OH is 1. The maximum atomic E-state index is 9.08. The van der Waals surface area contributed by atoms with Gasteiger partial charge in [0.1, 0.15) is 0 Å². The van der Waals surface area contributed by atoms with Crippen LogP contribution in [0.15, 0.2) is 18.3 Å². The van der Waals surface area contributed by atoms with Crippen molar-refractivity contribution in [1.82, 2.24) is 4.98 Å². The monoisotopic (exact) mass is 179 g/mol. The van der Waals surface area contributed by atoms with Gasteiger partial charge >= 0.3 is 0 Å². The maximum absolute atomic E-state index is 9.08. The van der Waals surface area contributed by atoms with Crippen LogP contribution in [0.5, 0.6) is 0 Å². The molecule has 0 saturated carbocycles. The molecule has 0 aliphatic rings. The first kappa shape index (κ1) is 10.2. The van der Waals surface area contributed by atoms with Crippen LogP contribution in [-0.2, 0) is 6.42 Å². The lowest BCUT2D eigenvalue weighted by atomic mass is 9.89. The third kappa shape index (κ3) is 3.15. The van der Waals surface area contributed by atoms with E-state index in [2.05, 4.69) is 11.1 Å². The first-order valence-corrected chi connectivity index (χ1v) is 4.56. The van der Waals surface area contributed by atoms with Crippen LogP contribution < -0.4 is 0 Å². The molecule has 0 aromatic carbocycles. The molecule has 1 heterocycles. The summed E-state index contributed by atoms with van der Waals surface area (Å²) in [4.78, 5) is 4.30. The fraction of sp³-hybridized carbons (Fsp3) is 0.545. The largest absolute Gasteiger partial charge is 0.396 e. The standard InChI is InChI=1S/C11H17NO/c1-9-4-5-10(12-7-9)6-11(2,3)8-13/h4-5,7,13H,6,8H2,1-3H3. The minimum Gasteiger partial charge on any atom is -0.396 e. The molecule has 0 unspecified atom stereocenters. The third-order valence-corrected chi connectivity index (χ3v) is 2.06. The fourth-order valence-electron chi connectivity index (χ4n) is 1.15. The number of hydrogen-bond acceptors (Lipinski definition) is 2. The summed E-state index contributed by atoms with van der Waals surface area (Å²) < 4.78 is 0. The smallest absolute Gasteiger partial charge is 0.0485 e. The summed E-state index contributed by atoms with van der Waals surface area (Å²) in [6.07, 6.45) is 2.69. The van der Waals surface area contributed by atoms with Gasteiger partial charge in [0.25, 0.3) is 0 Å². The first-order chi connectivity index (χ1) is 6.03. The molecule has 1 aromatic heterocycles. The Morgan fingerprint density at radius 2 is 2.08 bits per heavy atom. The summed E-state index contributed by atoms with van der Waals surface area (Å²) in [6.45, 7) is 6.29. The molecule has 0 saturated heterocycles. The van der Waals surface area contributed by atoms with Crippen LogP contribution >= 0.6 is 0 Å². The number of pyridine rings is 1. The fourth-order valence-corrected chi connectivity index (χ4v) is 1.15. The van der Waals surface area contributed by atoms with Gasteiger partial charge in [0.15, 0.2) is 0 Å². The Kier molecular flexibility index (Phi) is 3.04. The lowest BCUT2D eigenvalue weighted by molar-refractivity contribution is 0.158. The number of rotatable bonds is 3. The highest BCUT2D eigenvalue weighted by Crippen LogP contribution is 2.19. The van der Waals surface area contributed by atoms with Crippen molar-refractivity contribution in [3.8, 4) is 0 Å². The molecular formula is C11H17NO. The van der Waals surface area contributed by atoms with E-state index in [1.54, 1.807) is 0 Å². The summed E-state index contributed by atoms with van der Waals surface area (Å²) in [5.41, 5.74) is 2.15. The molecule has 0 aliphatic carbocycles. The second kappa shape index (κ2) is 3.88. The van der Waals surface area contributed by atoms with Crippen LogP contribution in [0.25, 0.3) is 0 Å². The second-order valence-electron chi connectivity index (χ2n) is 4.33. The first-order valence-electron chi connectivity index (χ1n) is 4.56. The predicted molar refractivity (Wildman–Crippen MR) is 53.5 cm³/mol. The lowest BCUT2D eigenvalue weighted by Gasteiger charge is -2.20. The molecule has 0 atom stereocenters. The van der Waals surface area contributed by atoms with E-state index in [9.17, 15) is 0 Å². The van der Waals surface area contributed by atoms with E-state index in [0.29, 0.717) is 0 Å². The van der Waals surface area contributed by atoms with E-state index >= 15 is 0 Å². The van der Waals surface area contributed by atoms with Crippen molar-refractivity contribution < 1.29 is 5.11 Å². The maximum Gasteiger partial charge on any atom is 0.0485 e. The topological polar surface area (TPSA) is 33.1 Å². The molecule has 13 heavy (non-hydrogen) atoms. The Morgan fingerprint density at radius 1 is 1.38 bits per heavy atom. The Bertz CT molecular complexity index is 264. The SMILES string of the molecule is Cc1ccc(CC(C)(C)CO)nc1. The van der Waals surface area contributed by atoms with Gasteiger partial charge < -0.3 is 5.11 Å². The number of hydrogen-bond donors (Lipinski definition) is 1. The molecule has 2 heteroatoms. The van der Waals surface area contributed by atoms with Crippen molar-refractivity contribution in [1.29, 1.82) is 0 Å². The van der Waals surface area contributed by atoms with Crippen LogP contribution in [0.3, 0.4) is 0 Å². The van der Waals surface area contributed by atoms with Crippen molar-refractivity contribution >= 4 is 0 Å². The molecule has 0 aliphatic heterocycles. The summed E-state index contributed by atoms with van der Waals surface area (Å²) in [5, 5.41) is 9.08. The lowest BCUT2D eigenvalue weighted by Crippen LogP contribution is -2.20. The normalized spacial score (nSPS) is 11.7. The van der Waals surface area contributed by atoms with Crippen LogP contribution in [-0.4, -0.2) is 16.7 Å². The van der Waals surface area contributed by atoms with Gasteiger partial charge in [-0.15, -0.1) is 0 Å². The van der Waals surface area contributed by atoms with Gasteiger partial charge in [0.05, 0.1) is 0 Å². The minimum atomic E-state index is -0.0672. The molecule has 1 aromatic rings. The second-order valence-corrected chi connectivity index (χ2v) is 4.33. The molecule has 0 spiro atoms. The van der Waals surface area contributed by atoms with Crippen molar-refractivity contribution in [2.45, 2.75) is 27.2 Å². The van der Waals surface area contributed by atoms with Gasteiger partial charge in [-0.3, -0.25) is 4.98 Å². The summed E-state index contributed by atoms with van der Waals surface area (Å²) in [7, 11) is 0.